The Morgan fingerprint density at radius 3 is 2.91 bits per heavy atom. The number of hydrogen-bond acceptors (Lipinski definition) is 4. The van der Waals surface area contributed by atoms with Crippen LogP contribution >= 0.6 is 0 Å². The van der Waals surface area contributed by atoms with Crippen LogP contribution in [0.1, 0.15) is 26.1 Å². The first-order valence-electron chi connectivity index (χ1n) is 8.33. The minimum absolute atomic E-state index is 0.209. The predicted molar refractivity (Wildman–Crippen MR) is 85.3 cm³/mol. The lowest BCUT2D eigenvalue weighted by Crippen LogP contribution is -2.43. The van der Waals surface area contributed by atoms with E-state index in [2.05, 4.69) is 26.7 Å². The maximum absolute atomic E-state index is 11.6. The van der Waals surface area contributed by atoms with Crippen molar-refractivity contribution in [3.05, 3.63) is 18.2 Å². The maximum atomic E-state index is 11.6. The summed E-state index contributed by atoms with van der Waals surface area (Å²) < 4.78 is 0. The van der Waals surface area contributed by atoms with Gasteiger partial charge in [0.25, 0.3) is 0 Å². The fourth-order valence-corrected chi connectivity index (χ4v) is 3.83. The zero-order valence-electron chi connectivity index (χ0n) is 13.7. The molecule has 0 aromatic carbocycles. The van der Waals surface area contributed by atoms with Crippen molar-refractivity contribution in [2.24, 2.45) is 5.92 Å². The van der Waals surface area contributed by atoms with E-state index in [1.54, 1.807) is 6.92 Å². The number of H-pyrrole nitrogens is 1. The number of amides is 1. The van der Waals surface area contributed by atoms with Gasteiger partial charge in [-0.05, 0) is 12.3 Å². The highest BCUT2D eigenvalue weighted by Gasteiger charge is 2.34. The normalized spacial score (nSPS) is 28.0. The standard InChI is InChI=1S/C16H27N5O/c1-13-10-19(12-16-17-4-5-18-16)11-15(13)21-7-3-6-20(8-9-21)14(2)22/h4-5,13,15H,3,6-12H2,1-2H3,(H,17,18)/t13-,15+/m1/s1. The number of aromatic nitrogens is 2. The van der Waals surface area contributed by atoms with Crippen LogP contribution in [0.15, 0.2) is 12.4 Å². The van der Waals surface area contributed by atoms with Crippen LogP contribution in [0.5, 0.6) is 0 Å². The van der Waals surface area contributed by atoms with Crippen molar-refractivity contribution in [3.8, 4) is 0 Å². The molecule has 0 aliphatic carbocycles. The first kappa shape index (κ1) is 15.5. The Kier molecular flexibility index (Phi) is 4.78. The molecule has 2 saturated heterocycles. The van der Waals surface area contributed by atoms with Crippen molar-refractivity contribution in [3.63, 3.8) is 0 Å². The lowest BCUT2D eigenvalue weighted by atomic mass is 10.0. The number of carbonyl (C=O) groups excluding carboxylic acids is 1. The average Bonchev–Trinajstić information content (AvgIpc) is 3.03. The molecule has 2 atom stereocenters. The average molecular weight is 305 g/mol. The molecule has 3 rings (SSSR count). The molecule has 2 fully saturated rings. The van der Waals surface area contributed by atoms with E-state index in [0.717, 1.165) is 58.1 Å². The lowest BCUT2D eigenvalue weighted by Gasteiger charge is -2.30. The fraction of sp³-hybridized carbons (Fsp3) is 0.750. The molecule has 6 heteroatoms. The third kappa shape index (κ3) is 3.50. The topological polar surface area (TPSA) is 55.5 Å². The molecule has 0 bridgehead atoms. The first-order chi connectivity index (χ1) is 10.6. The molecule has 1 aromatic heterocycles. The Bertz CT molecular complexity index is 489. The molecule has 1 aromatic rings. The van der Waals surface area contributed by atoms with Crippen LogP contribution in [0, 0.1) is 5.92 Å². The number of imidazole rings is 1. The van der Waals surface area contributed by atoms with Gasteiger partial charge >= 0.3 is 0 Å². The second-order valence-electron chi connectivity index (χ2n) is 6.67. The van der Waals surface area contributed by atoms with Crippen LogP contribution in [0.3, 0.4) is 0 Å². The molecule has 3 heterocycles. The summed E-state index contributed by atoms with van der Waals surface area (Å²) in [6, 6.07) is 0.599. The van der Waals surface area contributed by atoms with Crippen molar-refractivity contribution < 1.29 is 4.79 Å². The summed E-state index contributed by atoms with van der Waals surface area (Å²) in [5, 5.41) is 0. The molecule has 22 heavy (non-hydrogen) atoms. The first-order valence-corrected chi connectivity index (χ1v) is 8.33. The van der Waals surface area contributed by atoms with Crippen molar-refractivity contribution in [1.82, 2.24) is 24.7 Å². The minimum Gasteiger partial charge on any atom is -0.348 e. The van der Waals surface area contributed by atoms with Crippen LogP contribution in [0.4, 0.5) is 0 Å². The molecular weight excluding hydrogens is 278 g/mol. The zero-order valence-corrected chi connectivity index (χ0v) is 13.7. The Hall–Kier alpha value is -1.40. The largest absolute Gasteiger partial charge is 0.348 e. The van der Waals surface area contributed by atoms with Crippen molar-refractivity contribution in [1.29, 1.82) is 0 Å². The van der Waals surface area contributed by atoms with E-state index in [1.165, 1.54) is 0 Å². The Labute approximate surface area is 132 Å². The minimum atomic E-state index is 0.209. The van der Waals surface area contributed by atoms with Crippen molar-refractivity contribution in [2.75, 3.05) is 39.3 Å². The van der Waals surface area contributed by atoms with Gasteiger partial charge in [-0.1, -0.05) is 6.92 Å². The Balaban J connectivity index is 1.56. The third-order valence-corrected chi connectivity index (χ3v) is 5.02. The van der Waals surface area contributed by atoms with E-state index >= 15 is 0 Å². The molecule has 2 aliphatic rings. The highest BCUT2D eigenvalue weighted by molar-refractivity contribution is 5.73. The maximum Gasteiger partial charge on any atom is 0.219 e. The fourth-order valence-electron chi connectivity index (χ4n) is 3.83. The summed E-state index contributed by atoms with van der Waals surface area (Å²) in [4.78, 5) is 26.2. The van der Waals surface area contributed by atoms with Gasteiger partial charge in [0, 0.05) is 64.6 Å². The number of likely N-dealkylation sites (tertiary alicyclic amines) is 1. The SMILES string of the molecule is CC(=O)N1CCCN([C@H]2CN(Cc3ncc[nH]3)C[C@H]2C)CC1. The molecule has 0 spiro atoms. The van der Waals surface area contributed by atoms with E-state index in [-0.39, 0.29) is 5.91 Å². The molecule has 6 nitrogen and oxygen atoms in total. The molecule has 1 N–H and O–H groups in total. The van der Waals surface area contributed by atoms with Crippen LogP contribution in [-0.2, 0) is 11.3 Å². The highest BCUT2D eigenvalue weighted by Crippen LogP contribution is 2.24. The molecular formula is C16H27N5O. The Morgan fingerprint density at radius 2 is 2.18 bits per heavy atom. The monoisotopic (exact) mass is 305 g/mol. The smallest absolute Gasteiger partial charge is 0.219 e. The lowest BCUT2D eigenvalue weighted by molar-refractivity contribution is -0.128. The number of nitrogens with one attached hydrogen (secondary N) is 1. The second kappa shape index (κ2) is 6.79. The van der Waals surface area contributed by atoms with Gasteiger partial charge in [0.05, 0.1) is 6.54 Å². The number of hydrogen-bond donors (Lipinski definition) is 1. The number of carbonyl (C=O) groups is 1. The summed E-state index contributed by atoms with van der Waals surface area (Å²) in [6.45, 7) is 11.0. The van der Waals surface area contributed by atoms with Gasteiger partial charge in [-0.15, -0.1) is 0 Å². The molecule has 2 aliphatic heterocycles. The van der Waals surface area contributed by atoms with Crippen LogP contribution < -0.4 is 0 Å². The third-order valence-electron chi connectivity index (χ3n) is 5.02. The van der Waals surface area contributed by atoms with Gasteiger partial charge < -0.3 is 9.88 Å². The summed E-state index contributed by atoms with van der Waals surface area (Å²) in [7, 11) is 0. The molecule has 0 radical (unpaired) electrons. The van der Waals surface area contributed by atoms with Crippen LogP contribution in [-0.4, -0.2) is 75.9 Å². The van der Waals surface area contributed by atoms with Gasteiger partial charge in [0.2, 0.25) is 5.91 Å². The number of aromatic amines is 1. The van der Waals surface area contributed by atoms with Gasteiger partial charge in [-0.2, -0.15) is 0 Å². The van der Waals surface area contributed by atoms with E-state index < -0.39 is 0 Å². The summed E-state index contributed by atoms with van der Waals surface area (Å²) in [5.74, 6) is 1.92. The van der Waals surface area contributed by atoms with Crippen molar-refractivity contribution >= 4 is 5.91 Å². The van der Waals surface area contributed by atoms with E-state index in [1.807, 2.05) is 17.3 Å². The van der Waals surface area contributed by atoms with E-state index in [4.69, 9.17) is 0 Å². The summed E-state index contributed by atoms with van der Waals surface area (Å²) in [5.41, 5.74) is 0. The van der Waals surface area contributed by atoms with Gasteiger partial charge in [0.15, 0.2) is 0 Å². The molecule has 0 unspecified atom stereocenters. The molecule has 0 saturated carbocycles. The summed E-state index contributed by atoms with van der Waals surface area (Å²) >= 11 is 0. The van der Waals surface area contributed by atoms with E-state index in [0.29, 0.717) is 12.0 Å². The number of rotatable bonds is 3. The molecule has 122 valence electrons. The summed E-state index contributed by atoms with van der Waals surface area (Å²) in [6.07, 6.45) is 4.79. The van der Waals surface area contributed by atoms with Gasteiger partial charge in [-0.3, -0.25) is 14.6 Å². The second-order valence-corrected chi connectivity index (χ2v) is 6.67. The number of nitrogens with zero attached hydrogens (tertiary/aromatic N) is 4. The quantitative estimate of drug-likeness (QED) is 0.897. The Morgan fingerprint density at radius 1 is 1.32 bits per heavy atom. The van der Waals surface area contributed by atoms with Gasteiger partial charge in [-0.25, -0.2) is 4.98 Å². The molecule has 1 amide bonds. The van der Waals surface area contributed by atoms with Crippen molar-refractivity contribution in [2.45, 2.75) is 32.9 Å². The van der Waals surface area contributed by atoms with E-state index in [9.17, 15) is 4.79 Å². The zero-order chi connectivity index (χ0) is 15.5. The predicted octanol–water partition coefficient (Wildman–Crippen LogP) is 0.784. The van der Waals surface area contributed by atoms with Crippen LogP contribution in [0.2, 0.25) is 0 Å². The van der Waals surface area contributed by atoms with Crippen LogP contribution in [0.25, 0.3) is 0 Å². The highest BCUT2D eigenvalue weighted by atomic mass is 16.2. The van der Waals surface area contributed by atoms with Gasteiger partial charge in [0.1, 0.15) is 5.82 Å².